The second kappa shape index (κ2) is 8.00. The van der Waals surface area contributed by atoms with Gasteiger partial charge in [-0.25, -0.2) is 16.8 Å². The molecule has 0 amide bonds. The first-order valence-electron chi connectivity index (χ1n) is 9.20. The Labute approximate surface area is 177 Å². The zero-order valence-corrected chi connectivity index (χ0v) is 19.1. The van der Waals surface area contributed by atoms with Crippen LogP contribution >= 0.6 is 11.6 Å². The van der Waals surface area contributed by atoms with Crippen LogP contribution in [0.15, 0.2) is 51.1 Å². The Hall–Kier alpha value is -1.45. The van der Waals surface area contributed by atoms with Crippen molar-refractivity contribution >= 4 is 31.5 Å². The normalized spacial score (nSPS) is 21.3. The Bertz CT molecular complexity index is 1120. The van der Waals surface area contributed by atoms with Crippen molar-refractivity contribution in [1.82, 2.24) is 4.31 Å². The molecule has 2 aromatic carbocycles. The number of hydrogen-bond donors (Lipinski definition) is 0. The van der Waals surface area contributed by atoms with E-state index in [9.17, 15) is 16.8 Å². The molecule has 1 heterocycles. The number of sulfonamides is 1. The van der Waals surface area contributed by atoms with E-state index in [2.05, 4.69) is 0 Å². The van der Waals surface area contributed by atoms with Gasteiger partial charge in [-0.2, -0.15) is 4.31 Å². The van der Waals surface area contributed by atoms with Gasteiger partial charge in [0.05, 0.1) is 26.9 Å². The summed E-state index contributed by atoms with van der Waals surface area (Å²) in [6, 6.07) is 8.85. The van der Waals surface area contributed by atoms with E-state index in [0.717, 1.165) is 0 Å². The van der Waals surface area contributed by atoms with Gasteiger partial charge >= 0.3 is 0 Å². The van der Waals surface area contributed by atoms with Crippen LogP contribution in [0.2, 0.25) is 5.02 Å². The highest BCUT2D eigenvalue weighted by Gasteiger charge is 2.35. The molecule has 0 N–H and O–H groups in total. The summed E-state index contributed by atoms with van der Waals surface area (Å²) in [6.07, 6.45) is -0.480. The van der Waals surface area contributed by atoms with Gasteiger partial charge in [0.2, 0.25) is 19.9 Å². The third kappa shape index (κ3) is 4.36. The van der Waals surface area contributed by atoms with Crippen LogP contribution < -0.4 is 0 Å². The summed E-state index contributed by atoms with van der Waals surface area (Å²) in [5.74, 6) is 0. The molecule has 6 nitrogen and oxygen atoms in total. The van der Waals surface area contributed by atoms with E-state index in [1.807, 2.05) is 13.8 Å². The van der Waals surface area contributed by atoms with E-state index in [1.165, 1.54) is 47.6 Å². The van der Waals surface area contributed by atoms with Crippen LogP contribution in [0.25, 0.3) is 0 Å². The third-order valence-electron chi connectivity index (χ3n) is 4.87. The van der Waals surface area contributed by atoms with Crippen LogP contribution in [-0.4, -0.2) is 46.4 Å². The molecule has 0 spiro atoms. The van der Waals surface area contributed by atoms with Crippen molar-refractivity contribution in [3.05, 3.63) is 52.5 Å². The standard InChI is InChI=1S/C20H24ClNO5S2/c1-13-9-19(28(23,24)18-7-5-17(21)6-8-18)16(4)20(10-13)29(25,26)22-11-14(2)27-15(3)12-22/h5-10,14-15H,11-12H2,1-4H3. The molecule has 29 heavy (non-hydrogen) atoms. The van der Waals surface area contributed by atoms with Crippen molar-refractivity contribution in [3.8, 4) is 0 Å². The Morgan fingerprint density at radius 2 is 1.45 bits per heavy atom. The zero-order valence-electron chi connectivity index (χ0n) is 16.7. The molecular weight excluding hydrogens is 434 g/mol. The van der Waals surface area contributed by atoms with Crippen LogP contribution in [0.4, 0.5) is 0 Å². The summed E-state index contributed by atoms with van der Waals surface area (Å²) in [7, 11) is -7.80. The summed E-state index contributed by atoms with van der Waals surface area (Å²) in [5.41, 5.74) is 0.758. The number of sulfone groups is 1. The number of halogens is 1. The zero-order chi connectivity index (χ0) is 21.6. The van der Waals surface area contributed by atoms with Gasteiger partial charge in [-0.15, -0.1) is 0 Å². The van der Waals surface area contributed by atoms with Crippen LogP contribution in [0.3, 0.4) is 0 Å². The van der Waals surface area contributed by atoms with E-state index in [-0.39, 0.29) is 45.5 Å². The van der Waals surface area contributed by atoms with E-state index in [0.29, 0.717) is 10.6 Å². The molecular formula is C20H24ClNO5S2. The van der Waals surface area contributed by atoms with E-state index < -0.39 is 19.9 Å². The van der Waals surface area contributed by atoms with Crippen LogP contribution in [-0.2, 0) is 24.6 Å². The number of ether oxygens (including phenoxy) is 1. The van der Waals surface area contributed by atoms with Gasteiger partial charge in [-0.1, -0.05) is 11.6 Å². The van der Waals surface area contributed by atoms with Crippen LogP contribution in [0.1, 0.15) is 25.0 Å². The van der Waals surface area contributed by atoms with Gasteiger partial charge in [0.15, 0.2) is 0 Å². The van der Waals surface area contributed by atoms with Crippen molar-refractivity contribution in [2.75, 3.05) is 13.1 Å². The molecule has 1 aliphatic rings. The SMILES string of the molecule is Cc1cc(S(=O)(=O)c2ccc(Cl)cc2)c(C)c(S(=O)(=O)N2CC(C)OC(C)C2)c1. The molecule has 2 unspecified atom stereocenters. The second-order valence-corrected chi connectivity index (χ2v) is 11.7. The molecule has 0 aromatic heterocycles. The van der Waals surface area contributed by atoms with Gasteiger partial charge in [0.25, 0.3) is 0 Å². The molecule has 0 aliphatic carbocycles. The monoisotopic (exact) mass is 457 g/mol. The topological polar surface area (TPSA) is 80.8 Å². The maximum absolute atomic E-state index is 13.4. The average Bonchev–Trinajstić information content (AvgIpc) is 2.62. The molecule has 1 aliphatic heterocycles. The van der Waals surface area contributed by atoms with Gasteiger partial charge in [0.1, 0.15) is 0 Å². The first-order chi connectivity index (χ1) is 13.4. The molecule has 2 aromatic rings. The lowest BCUT2D eigenvalue weighted by Gasteiger charge is -2.34. The number of rotatable bonds is 4. The predicted octanol–water partition coefficient (Wildman–Crippen LogP) is 3.59. The average molecular weight is 458 g/mol. The quantitative estimate of drug-likeness (QED) is 0.700. The number of hydrogen-bond acceptors (Lipinski definition) is 5. The van der Waals surface area contributed by atoms with Crippen LogP contribution in [0.5, 0.6) is 0 Å². The fourth-order valence-electron chi connectivity index (χ4n) is 3.55. The summed E-state index contributed by atoms with van der Waals surface area (Å²) in [5, 5.41) is 0.420. The molecule has 3 rings (SSSR count). The fourth-order valence-corrected chi connectivity index (χ4v) is 7.26. The summed E-state index contributed by atoms with van der Waals surface area (Å²) >= 11 is 5.87. The maximum Gasteiger partial charge on any atom is 0.243 e. The lowest BCUT2D eigenvalue weighted by Crippen LogP contribution is -2.48. The predicted molar refractivity (Wildman–Crippen MR) is 112 cm³/mol. The molecule has 0 bridgehead atoms. The Morgan fingerprint density at radius 3 is 2.00 bits per heavy atom. The highest BCUT2D eigenvalue weighted by molar-refractivity contribution is 7.91. The fraction of sp³-hybridized carbons (Fsp3) is 0.400. The van der Waals surface area contributed by atoms with Gasteiger partial charge in [0, 0.05) is 18.1 Å². The molecule has 1 saturated heterocycles. The van der Waals surface area contributed by atoms with Gasteiger partial charge in [-0.05, 0) is 75.2 Å². The van der Waals surface area contributed by atoms with Gasteiger partial charge < -0.3 is 4.74 Å². The summed E-state index contributed by atoms with van der Waals surface area (Å²) in [6.45, 7) is 7.29. The molecule has 0 radical (unpaired) electrons. The number of aryl methyl sites for hydroxylation is 1. The van der Waals surface area contributed by atoms with E-state index in [4.69, 9.17) is 16.3 Å². The van der Waals surface area contributed by atoms with Crippen LogP contribution in [0, 0.1) is 13.8 Å². The minimum atomic E-state index is -3.91. The van der Waals surface area contributed by atoms with Crippen molar-refractivity contribution in [2.45, 2.75) is 54.6 Å². The summed E-state index contributed by atoms with van der Waals surface area (Å²) < 4.78 is 60.2. The van der Waals surface area contributed by atoms with Crippen molar-refractivity contribution < 1.29 is 21.6 Å². The Kier molecular flexibility index (Phi) is 6.13. The first kappa shape index (κ1) is 22.2. The Morgan fingerprint density at radius 1 is 0.931 bits per heavy atom. The van der Waals surface area contributed by atoms with E-state index in [1.54, 1.807) is 6.92 Å². The number of nitrogens with zero attached hydrogens (tertiary/aromatic N) is 1. The lowest BCUT2D eigenvalue weighted by molar-refractivity contribution is -0.0441. The Balaban J connectivity index is 2.13. The highest BCUT2D eigenvalue weighted by Crippen LogP contribution is 2.32. The maximum atomic E-state index is 13.4. The third-order valence-corrected chi connectivity index (χ3v) is 8.98. The van der Waals surface area contributed by atoms with Crippen molar-refractivity contribution in [3.63, 3.8) is 0 Å². The van der Waals surface area contributed by atoms with Gasteiger partial charge in [-0.3, -0.25) is 0 Å². The minimum Gasteiger partial charge on any atom is -0.373 e. The highest BCUT2D eigenvalue weighted by atomic mass is 35.5. The molecule has 0 saturated carbocycles. The first-order valence-corrected chi connectivity index (χ1v) is 12.5. The molecule has 1 fully saturated rings. The van der Waals surface area contributed by atoms with E-state index >= 15 is 0 Å². The number of morpholine rings is 1. The minimum absolute atomic E-state index is 0.00587. The van der Waals surface area contributed by atoms with Crippen molar-refractivity contribution in [1.29, 1.82) is 0 Å². The van der Waals surface area contributed by atoms with Crippen molar-refractivity contribution in [2.24, 2.45) is 0 Å². The second-order valence-electron chi connectivity index (χ2n) is 7.42. The molecule has 9 heteroatoms. The number of benzene rings is 2. The largest absolute Gasteiger partial charge is 0.373 e. The molecule has 158 valence electrons. The summed E-state index contributed by atoms with van der Waals surface area (Å²) in [4.78, 5) is 0.0478. The lowest BCUT2D eigenvalue weighted by atomic mass is 10.2. The molecule has 2 atom stereocenters. The smallest absolute Gasteiger partial charge is 0.243 e.